The molecule has 4 heteroatoms. The fraction of sp³-hybridized carbons (Fsp3) is 0.571. The van der Waals surface area contributed by atoms with Crippen molar-refractivity contribution in [3.05, 3.63) is 17.7 Å². The Bertz CT molecular complexity index is 213. The van der Waals surface area contributed by atoms with Crippen molar-refractivity contribution in [2.75, 3.05) is 0 Å². The SMILES string of the molecule is [B]n1[c-]nc(C)c1C(C)C.[Rb+]. The summed E-state index contributed by atoms with van der Waals surface area (Å²) in [6.45, 7) is 6.11. The van der Waals surface area contributed by atoms with Crippen LogP contribution in [0, 0.1) is 13.3 Å². The van der Waals surface area contributed by atoms with Crippen LogP contribution in [0.5, 0.6) is 0 Å². The van der Waals surface area contributed by atoms with Gasteiger partial charge in [-0.15, -0.1) is 5.69 Å². The molecule has 0 N–H and O–H groups in total. The van der Waals surface area contributed by atoms with Gasteiger partial charge in [0, 0.05) is 0 Å². The molecule has 0 spiro atoms. The van der Waals surface area contributed by atoms with Gasteiger partial charge in [-0.05, 0) is 6.33 Å². The third kappa shape index (κ3) is 2.79. The summed E-state index contributed by atoms with van der Waals surface area (Å²) < 4.78 is 1.46. The van der Waals surface area contributed by atoms with Crippen molar-refractivity contribution in [2.24, 2.45) is 0 Å². The fourth-order valence-corrected chi connectivity index (χ4v) is 1.11. The van der Waals surface area contributed by atoms with Crippen LogP contribution in [-0.4, -0.2) is 17.4 Å². The van der Waals surface area contributed by atoms with E-state index in [0.29, 0.717) is 5.92 Å². The summed E-state index contributed by atoms with van der Waals surface area (Å²) in [7, 11) is 5.54. The van der Waals surface area contributed by atoms with Gasteiger partial charge in [-0.2, -0.15) is 0 Å². The van der Waals surface area contributed by atoms with Crippen LogP contribution in [-0.2, 0) is 0 Å². The molecule has 11 heavy (non-hydrogen) atoms. The molecule has 0 unspecified atom stereocenters. The minimum atomic E-state index is 0. The number of hydrogen-bond acceptors (Lipinski definition) is 1. The van der Waals surface area contributed by atoms with E-state index in [2.05, 4.69) is 25.2 Å². The Labute approximate surface area is 118 Å². The van der Waals surface area contributed by atoms with Crippen molar-refractivity contribution >= 4 is 7.98 Å². The summed E-state index contributed by atoms with van der Waals surface area (Å²) in [5.41, 5.74) is 2.03. The zero-order valence-corrected chi connectivity index (χ0v) is 12.5. The predicted molar refractivity (Wildman–Crippen MR) is 41.0 cm³/mol. The number of aryl methyl sites for hydroxylation is 1. The largest absolute Gasteiger partial charge is 1.00 e. The van der Waals surface area contributed by atoms with Crippen molar-refractivity contribution in [1.82, 2.24) is 9.46 Å². The van der Waals surface area contributed by atoms with E-state index in [1.807, 2.05) is 6.92 Å². The Kier molecular flexibility index (Phi) is 5.44. The van der Waals surface area contributed by atoms with Gasteiger partial charge < -0.3 is 9.46 Å². The van der Waals surface area contributed by atoms with Crippen LogP contribution >= 0.6 is 0 Å². The van der Waals surface area contributed by atoms with Gasteiger partial charge in [0.15, 0.2) is 0 Å². The van der Waals surface area contributed by atoms with E-state index >= 15 is 0 Å². The van der Waals surface area contributed by atoms with Gasteiger partial charge in [-0.3, -0.25) is 0 Å². The second-order valence-corrected chi connectivity index (χ2v) is 2.71. The molecule has 2 nitrogen and oxygen atoms in total. The Hall–Kier alpha value is 1.08. The summed E-state index contributed by atoms with van der Waals surface area (Å²) in [4.78, 5) is 3.95. The topological polar surface area (TPSA) is 17.8 Å². The summed E-state index contributed by atoms with van der Waals surface area (Å²) in [6.07, 6.45) is 2.66. The Morgan fingerprint density at radius 2 is 2.09 bits per heavy atom. The summed E-state index contributed by atoms with van der Waals surface area (Å²) in [6, 6.07) is 0. The molecule has 0 aliphatic rings. The third-order valence-electron chi connectivity index (χ3n) is 1.50. The fourth-order valence-electron chi connectivity index (χ4n) is 1.11. The van der Waals surface area contributed by atoms with Crippen LogP contribution in [0.25, 0.3) is 0 Å². The molecule has 0 aromatic carbocycles. The molecule has 1 heterocycles. The summed E-state index contributed by atoms with van der Waals surface area (Å²) in [5.74, 6) is 0.420. The van der Waals surface area contributed by atoms with Crippen molar-refractivity contribution in [2.45, 2.75) is 26.7 Å². The maximum atomic E-state index is 5.54. The first-order chi connectivity index (χ1) is 4.63. The molecule has 0 saturated carbocycles. The summed E-state index contributed by atoms with van der Waals surface area (Å²) >= 11 is 0. The quantitative estimate of drug-likeness (QED) is 0.396. The van der Waals surface area contributed by atoms with E-state index in [4.69, 9.17) is 7.98 Å². The number of imidazole rings is 1. The molecule has 1 aromatic rings. The van der Waals surface area contributed by atoms with Crippen LogP contribution < -0.4 is 58.2 Å². The smallest absolute Gasteiger partial charge is 0.506 e. The maximum Gasteiger partial charge on any atom is 1.00 e. The molecule has 0 aliphatic heterocycles. The Morgan fingerprint density at radius 3 is 2.27 bits per heavy atom. The van der Waals surface area contributed by atoms with E-state index in [1.165, 1.54) is 4.48 Å². The zero-order valence-electron chi connectivity index (χ0n) is 7.55. The first kappa shape index (κ1) is 12.1. The molecular formula is C7H10BN2Rb. The average molecular weight is 218 g/mol. The molecule has 0 fully saturated rings. The number of hydrogen-bond donors (Lipinski definition) is 0. The third-order valence-corrected chi connectivity index (χ3v) is 1.50. The van der Waals surface area contributed by atoms with Crippen molar-refractivity contribution in [3.63, 3.8) is 0 Å². The molecule has 2 radical (unpaired) electrons. The monoisotopic (exact) mass is 218 g/mol. The molecule has 1 aromatic heterocycles. The standard InChI is InChI=1S/C7H10BN2.Rb/c1-5(2)7-6(3)9-4-10(7)8;/h5H,1-3H3;/q-1;+1. The Balaban J connectivity index is 0.000001000. The van der Waals surface area contributed by atoms with E-state index < -0.39 is 0 Å². The molecule has 52 valence electrons. The normalized spacial score (nSPS) is 9.82. The number of rotatable bonds is 1. The molecule has 0 atom stereocenters. The molecular weight excluding hydrogens is 208 g/mol. The molecule has 0 amide bonds. The number of aromatic nitrogens is 2. The first-order valence-electron chi connectivity index (χ1n) is 3.35. The second-order valence-electron chi connectivity index (χ2n) is 2.71. The minimum Gasteiger partial charge on any atom is -0.506 e. The summed E-state index contributed by atoms with van der Waals surface area (Å²) in [5, 5.41) is 0. The van der Waals surface area contributed by atoms with Gasteiger partial charge in [0.25, 0.3) is 0 Å². The zero-order chi connectivity index (χ0) is 7.72. The van der Waals surface area contributed by atoms with E-state index in [9.17, 15) is 0 Å². The minimum absolute atomic E-state index is 0. The van der Waals surface area contributed by atoms with Crippen molar-refractivity contribution in [3.8, 4) is 0 Å². The molecule has 0 aliphatic carbocycles. The number of nitrogens with zero attached hydrogens (tertiary/aromatic N) is 2. The van der Waals surface area contributed by atoms with Crippen LogP contribution in [0.3, 0.4) is 0 Å². The Morgan fingerprint density at radius 1 is 1.55 bits per heavy atom. The molecule has 1 rings (SSSR count). The van der Waals surface area contributed by atoms with Crippen LogP contribution in [0.2, 0.25) is 0 Å². The van der Waals surface area contributed by atoms with Crippen LogP contribution in [0.15, 0.2) is 0 Å². The van der Waals surface area contributed by atoms with Gasteiger partial charge in [-0.25, -0.2) is 0 Å². The van der Waals surface area contributed by atoms with Crippen molar-refractivity contribution < 1.29 is 58.2 Å². The maximum absolute atomic E-state index is 5.54. The van der Waals surface area contributed by atoms with E-state index in [0.717, 1.165) is 11.4 Å². The molecule has 0 saturated heterocycles. The van der Waals surface area contributed by atoms with E-state index in [1.54, 1.807) is 0 Å². The molecule has 0 bridgehead atoms. The van der Waals surface area contributed by atoms with Gasteiger partial charge in [-0.1, -0.05) is 32.4 Å². The van der Waals surface area contributed by atoms with Gasteiger partial charge in [0.1, 0.15) is 0 Å². The van der Waals surface area contributed by atoms with E-state index in [-0.39, 0.29) is 58.2 Å². The first-order valence-corrected chi connectivity index (χ1v) is 3.35. The van der Waals surface area contributed by atoms with Crippen molar-refractivity contribution in [1.29, 1.82) is 0 Å². The van der Waals surface area contributed by atoms with Crippen LogP contribution in [0.4, 0.5) is 0 Å². The van der Waals surface area contributed by atoms with Gasteiger partial charge in [0.05, 0.1) is 0 Å². The predicted octanol–water partition coefficient (Wildman–Crippen LogP) is -1.95. The van der Waals surface area contributed by atoms with Crippen LogP contribution in [0.1, 0.15) is 31.2 Å². The second kappa shape index (κ2) is 4.95. The van der Waals surface area contributed by atoms with Gasteiger partial charge in [0.2, 0.25) is 7.98 Å². The van der Waals surface area contributed by atoms with Gasteiger partial charge >= 0.3 is 58.2 Å². The average Bonchev–Trinajstić information content (AvgIpc) is 2.11.